The minimum atomic E-state index is -1.07. The highest BCUT2D eigenvalue weighted by molar-refractivity contribution is 7.17. The van der Waals surface area contributed by atoms with E-state index >= 15 is 0 Å². The number of nitro benzene ring substituents is 1. The Morgan fingerprint density at radius 1 is 1.03 bits per heavy atom. The molecule has 180 valence electrons. The van der Waals surface area contributed by atoms with E-state index in [0.29, 0.717) is 21.8 Å². The summed E-state index contributed by atoms with van der Waals surface area (Å²) in [5, 5.41) is 23.0. The monoisotopic (exact) mass is 500 g/mol. The van der Waals surface area contributed by atoms with Gasteiger partial charge in [0.25, 0.3) is 11.6 Å². The number of hydrogen-bond donors (Lipinski definition) is 0. The molecule has 1 aliphatic carbocycles. The lowest BCUT2D eigenvalue weighted by Crippen LogP contribution is -2.37. The highest BCUT2D eigenvalue weighted by atomic mass is 32.1. The number of hydroxylamine groups is 1. The number of para-hydroxylation sites is 1. The van der Waals surface area contributed by atoms with Gasteiger partial charge in [-0.2, -0.15) is 5.26 Å². The Hall–Kier alpha value is -4.07. The molecule has 3 aromatic rings. The van der Waals surface area contributed by atoms with Gasteiger partial charge in [-0.1, -0.05) is 30.3 Å². The van der Waals surface area contributed by atoms with Crippen LogP contribution in [0.3, 0.4) is 0 Å². The number of non-ortho nitro benzene ring substituents is 1. The van der Waals surface area contributed by atoms with Crippen LogP contribution in [-0.4, -0.2) is 22.8 Å². The van der Waals surface area contributed by atoms with Gasteiger partial charge in [0, 0.05) is 17.0 Å². The van der Waals surface area contributed by atoms with Crippen LogP contribution in [0.2, 0.25) is 0 Å². The Bertz CT molecular complexity index is 1430. The first kappa shape index (κ1) is 22.4. The second-order valence-corrected chi connectivity index (χ2v) is 10.1. The molecule has 9 nitrogen and oxygen atoms in total. The van der Waals surface area contributed by atoms with Gasteiger partial charge < -0.3 is 0 Å². The molecule has 2 aromatic carbocycles. The van der Waals surface area contributed by atoms with Gasteiger partial charge in [0.15, 0.2) is 6.10 Å². The summed E-state index contributed by atoms with van der Waals surface area (Å²) in [4.78, 5) is 46.6. The van der Waals surface area contributed by atoms with Crippen LogP contribution >= 0.6 is 11.3 Å². The molecule has 36 heavy (non-hydrogen) atoms. The van der Waals surface area contributed by atoms with Crippen molar-refractivity contribution in [1.29, 1.82) is 5.26 Å². The molecular weight excluding hydrogens is 480 g/mol. The molecule has 6 rings (SSSR count). The second kappa shape index (κ2) is 8.55. The number of thiophene rings is 1. The quantitative estimate of drug-likeness (QED) is 0.295. The van der Waals surface area contributed by atoms with E-state index in [1.807, 2.05) is 30.3 Å². The summed E-state index contributed by atoms with van der Waals surface area (Å²) in [7, 11) is 0. The van der Waals surface area contributed by atoms with Gasteiger partial charge >= 0.3 is 0 Å². The lowest BCUT2D eigenvalue weighted by Gasteiger charge is -2.28. The molecule has 0 radical (unpaired) electrons. The zero-order chi connectivity index (χ0) is 25.0. The summed E-state index contributed by atoms with van der Waals surface area (Å²) >= 11 is 1.35. The largest absolute Gasteiger partial charge is 0.273 e. The molecule has 2 aliphatic heterocycles. The fourth-order valence-electron chi connectivity index (χ4n) is 5.37. The standard InChI is InChI=1S/C26H20N4O5S/c27-14-19-18-8-4-5-9-20(18)36-26(19)28-24(31)21-22(15-10-12-17(13-11-15)30(33)34)29(35-23(21)25(28)32)16-6-2-1-3-7-16/h1-3,6-7,10-13,21-23H,4-5,8-9H2/t21-,22+,23-/m1/s1. The van der Waals surface area contributed by atoms with Crippen LogP contribution in [0.25, 0.3) is 0 Å². The summed E-state index contributed by atoms with van der Waals surface area (Å²) in [5.41, 5.74) is 2.56. The summed E-state index contributed by atoms with van der Waals surface area (Å²) in [6, 6.07) is 16.6. The first-order chi connectivity index (χ1) is 17.5. The molecule has 0 N–H and O–H groups in total. The first-order valence-electron chi connectivity index (χ1n) is 11.7. The number of carbonyl (C=O) groups is 2. The van der Waals surface area contributed by atoms with E-state index in [4.69, 9.17) is 4.84 Å². The molecule has 3 atom stereocenters. The van der Waals surface area contributed by atoms with Crippen molar-refractivity contribution in [2.45, 2.75) is 37.8 Å². The van der Waals surface area contributed by atoms with Crippen molar-refractivity contribution in [2.75, 3.05) is 9.96 Å². The van der Waals surface area contributed by atoms with Crippen molar-refractivity contribution in [3.63, 3.8) is 0 Å². The minimum absolute atomic E-state index is 0.0706. The SMILES string of the molecule is N#Cc1c(N2C(=O)[C@H]3[C@@H](ON(c4ccccc4)[C@H]3c3ccc([N+](=O)[O-])cc3)C2=O)sc2c1CCCC2. The fraction of sp³-hybridized carbons (Fsp3) is 0.269. The van der Waals surface area contributed by atoms with E-state index in [0.717, 1.165) is 41.0 Å². The fourth-order valence-corrected chi connectivity index (χ4v) is 6.72. The van der Waals surface area contributed by atoms with Crippen molar-refractivity contribution < 1.29 is 19.3 Å². The van der Waals surface area contributed by atoms with Crippen molar-refractivity contribution in [3.8, 4) is 6.07 Å². The van der Waals surface area contributed by atoms with E-state index < -0.39 is 34.8 Å². The molecule has 3 aliphatic rings. The maximum absolute atomic E-state index is 13.9. The number of carbonyl (C=O) groups excluding carboxylic acids is 2. The Morgan fingerprint density at radius 3 is 2.44 bits per heavy atom. The molecule has 2 saturated heterocycles. The number of benzene rings is 2. The van der Waals surface area contributed by atoms with E-state index in [9.17, 15) is 25.0 Å². The highest BCUT2D eigenvalue weighted by Gasteiger charge is 2.61. The van der Waals surface area contributed by atoms with E-state index in [1.165, 1.54) is 23.5 Å². The average Bonchev–Trinajstić information content (AvgIpc) is 3.54. The summed E-state index contributed by atoms with van der Waals surface area (Å²) in [5.74, 6) is -1.79. The number of rotatable bonds is 4. The third kappa shape index (κ3) is 3.31. The van der Waals surface area contributed by atoms with Gasteiger partial charge in [-0.3, -0.25) is 24.5 Å². The van der Waals surface area contributed by atoms with Crippen LogP contribution < -0.4 is 9.96 Å². The molecule has 0 spiro atoms. The number of imide groups is 1. The number of fused-ring (bicyclic) bond motifs is 2. The van der Waals surface area contributed by atoms with Gasteiger partial charge in [-0.15, -0.1) is 11.3 Å². The van der Waals surface area contributed by atoms with Crippen molar-refractivity contribution in [2.24, 2.45) is 5.92 Å². The number of nitrogens with zero attached hydrogens (tertiary/aromatic N) is 4. The second-order valence-electron chi connectivity index (χ2n) is 9.02. The smallest absolute Gasteiger partial charge is 0.269 e. The Labute approximate surface area is 210 Å². The van der Waals surface area contributed by atoms with Crippen molar-refractivity contribution >= 4 is 39.5 Å². The van der Waals surface area contributed by atoms with E-state index in [-0.39, 0.29) is 5.69 Å². The zero-order valence-corrected chi connectivity index (χ0v) is 19.8. The lowest BCUT2D eigenvalue weighted by molar-refractivity contribution is -0.384. The maximum atomic E-state index is 13.9. The predicted molar refractivity (Wildman–Crippen MR) is 131 cm³/mol. The number of nitriles is 1. The van der Waals surface area contributed by atoms with Crippen molar-refractivity contribution in [3.05, 3.63) is 86.3 Å². The summed E-state index contributed by atoms with van der Waals surface area (Å²) in [6.45, 7) is 0. The van der Waals surface area contributed by atoms with Gasteiger partial charge in [0.05, 0.1) is 22.2 Å². The van der Waals surface area contributed by atoms with E-state index in [2.05, 4.69) is 6.07 Å². The molecule has 1 aromatic heterocycles. The highest BCUT2D eigenvalue weighted by Crippen LogP contribution is 2.50. The average molecular weight is 501 g/mol. The van der Waals surface area contributed by atoms with Gasteiger partial charge in [0.1, 0.15) is 17.0 Å². The number of anilines is 2. The molecule has 0 bridgehead atoms. The molecule has 2 amide bonds. The normalized spacial score (nSPS) is 22.9. The van der Waals surface area contributed by atoms with Gasteiger partial charge in [-0.05, 0) is 48.9 Å². The van der Waals surface area contributed by atoms with Crippen LogP contribution in [-0.2, 0) is 27.3 Å². The Balaban J connectivity index is 1.43. The third-order valence-electron chi connectivity index (χ3n) is 7.04. The third-order valence-corrected chi connectivity index (χ3v) is 8.32. The van der Waals surface area contributed by atoms with E-state index in [1.54, 1.807) is 17.2 Å². The predicted octanol–water partition coefficient (Wildman–Crippen LogP) is 4.46. The minimum Gasteiger partial charge on any atom is -0.273 e. The number of aryl methyl sites for hydroxylation is 1. The topological polar surface area (TPSA) is 117 Å². The Kier molecular flexibility index (Phi) is 5.32. The van der Waals surface area contributed by atoms with Crippen molar-refractivity contribution in [1.82, 2.24) is 0 Å². The van der Waals surface area contributed by atoms with Crippen LogP contribution in [0, 0.1) is 27.4 Å². The molecular formula is C26H20N4O5S. The first-order valence-corrected chi connectivity index (χ1v) is 12.5. The van der Waals surface area contributed by atoms with Crippen LogP contribution in [0.5, 0.6) is 0 Å². The zero-order valence-electron chi connectivity index (χ0n) is 19.0. The van der Waals surface area contributed by atoms with Gasteiger partial charge in [0.2, 0.25) is 5.91 Å². The maximum Gasteiger partial charge on any atom is 0.269 e. The number of hydrogen-bond acceptors (Lipinski definition) is 8. The number of amides is 2. The lowest BCUT2D eigenvalue weighted by atomic mass is 9.90. The van der Waals surface area contributed by atoms with Crippen LogP contribution in [0.15, 0.2) is 54.6 Å². The molecule has 0 saturated carbocycles. The molecule has 0 unspecified atom stereocenters. The summed E-state index contributed by atoms with van der Waals surface area (Å²) < 4.78 is 0. The van der Waals surface area contributed by atoms with Crippen LogP contribution in [0.4, 0.5) is 16.4 Å². The number of nitro groups is 1. The van der Waals surface area contributed by atoms with Crippen LogP contribution in [0.1, 0.15) is 40.5 Å². The molecule has 3 heterocycles. The molecule has 2 fully saturated rings. The molecule has 10 heteroatoms. The Morgan fingerprint density at radius 2 is 1.75 bits per heavy atom. The summed E-state index contributed by atoms with van der Waals surface area (Å²) in [6.07, 6.45) is 2.52. The van der Waals surface area contributed by atoms with Gasteiger partial charge in [-0.25, -0.2) is 9.96 Å².